The summed E-state index contributed by atoms with van der Waals surface area (Å²) in [5.74, 6) is 0.931. The van der Waals surface area contributed by atoms with E-state index in [9.17, 15) is 4.79 Å². The van der Waals surface area contributed by atoms with Crippen LogP contribution in [-0.2, 0) is 16.1 Å². The molecule has 1 atom stereocenters. The molecule has 2 fully saturated rings. The summed E-state index contributed by atoms with van der Waals surface area (Å²) in [5, 5.41) is 4.23. The fourth-order valence-electron chi connectivity index (χ4n) is 3.17. The Balaban J connectivity index is 1.41. The van der Waals surface area contributed by atoms with E-state index in [1.165, 1.54) is 0 Å². The van der Waals surface area contributed by atoms with Crippen LogP contribution >= 0.6 is 0 Å². The van der Waals surface area contributed by atoms with Crippen molar-refractivity contribution in [1.29, 1.82) is 0 Å². The van der Waals surface area contributed by atoms with Crippen molar-refractivity contribution < 1.29 is 9.53 Å². The van der Waals surface area contributed by atoms with E-state index in [-0.39, 0.29) is 12.0 Å². The van der Waals surface area contributed by atoms with Gasteiger partial charge in [-0.25, -0.2) is 0 Å². The fraction of sp³-hybridized carbons (Fsp3) is 0.733. The molecule has 0 aromatic carbocycles. The van der Waals surface area contributed by atoms with Crippen LogP contribution in [-0.4, -0.2) is 46.4 Å². The molecule has 2 aliphatic rings. The zero-order valence-corrected chi connectivity index (χ0v) is 11.9. The van der Waals surface area contributed by atoms with Crippen molar-refractivity contribution in [3.63, 3.8) is 0 Å². The first-order chi connectivity index (χ1) is 9.83. The standard InChI is InChI=1S/C15H23N3O2/c19-15(14-3-1-12-20-14)17-9-4-13(5-10-17)6-11-18-8-2-7-16-18/h2,7-8,13-14H,1,3-6,9-12H2/t14-/m0/s1. The van der Waals surface area contributed by atoms with E-state index >= 15 is 0 Å². The van der Waals surface area contributed by atoms with Gasteiger partial charge >= 0.3 is 0 Å². The molecule has 0 aliphatic carbocycles. The monoisotopic (exact) mass is 277 g/mol. The van der Waals surface area contributed by atoms with Gasteiger partial charge in [-0.3, -0.25) is 9.48 Å². The number of hydrogen-bond acceptors (Lipinski definition) is 3. The SMILES string of the molecule is O=C([C@@H]1CCCO1)N1CCC(CCn2cccn2)CC1. The maximum atomic E-state index is 12.2. The van der Waals surface area contributed by atoms with Crippen molar-refractivity contribution in [1.82, 2.24) is 14.7 Å². The largest absolute Gasteiger partial charge is 0.368 e. The zero-order valence-electron chi connectivity index (χ0n) is 11.9. The lowest BCUT2D eigenvalue weighted by molar-refractivity contribution is -0.142. The smallest absolute Gasteiger partial charge is 0.251 e. The maximum absolute atomic E-state index is 12.2. The van der Waals surface area contributed by atoms with E-state index in [1.807, 2.05) is 28.0 Å². The lowest BCUT2D eigenvalue weighted by Crippen LogP contribution is -2.43. The van der Waals surface area contributed by atoms with Gasteiger partial charge < -0.3 is 9.64 Å². The van der Waals surface area contributed by atoms with E-state index in [1.54, 1.807) is 0 Å². The number of likely N-dealkylation sites (tertiary alicyclic amines) is 1. The van der Waals surface area contributed by atoms with Gasteiger partial charge in [0, 0.05) is 38.6 Å². The van der Waals surface area contributed by atoms with Crippen LogP contribution in [0.25, 0.3) is 0 Å². The average molecular weight is 277 g/mol. The molecule has 2 aliphatic heterocycles. The van der Waals surface area contributed by atoms with E-state index in [0.717, 1.165) is 58.3 Å². The fourth-order valence-corrected chi connectivity index (χ4v) is 3.17. The van der Waals surface area contributed by atoms with Crippen molar-refractivity contribution in [2.24, 2.45) is 5.92 Å². The van der Waals surface area contributed by atoms with E-state index < -0.39 is 0 Å². The van der Waals surface area contributed by atoms with Crippen LogP contribution in [0.2, 0.25) is 0 Å². The van der Waals surface area contributed by atoms with Gasteiger partial charge in [0.1, 0.15) is 6.10 Å². The molecule has 5 heteroatoms. The lowest BCUT2D eigenvalue weighted by Gasteiger charge is -2.33. The van der Waals surface area contributed by atoms with E-state index in [0.29, 0.717) is 5.92 Å². The molecular weight excluding hydrogens is 254 g/mol. The van der Waals surface area contributed by atoms with Crippen LogP contribution in [0.3, 0.4) is 0 Å². The molecule has 3 heterocycles. The molecule has 2 saturated heterocycles. The summed E-state index contributed by atoms with van der Waals surface area (Å²) < 4.78 is 7.48. The Morgan fingerprint density at radius 3 is 2.80 bits per heavy atom. The van der Waals surface area contributed by atoms with Gasteiger partial charge in [0.05, 0.1) is 0 Å². The Kier molecular flexibility index (Phi) is 4.35. The molecule has 0 spiro atoms. The molecule has 1 aromatic heterocycles. The van der Waals surface area contributed by atoms with Crippen molar-refractivity contribution in [3.05, 3.63) is 18.5 Å². The maximum Gasteiger partial charge on any atom is 0.251 e. The Hall–Kier alpha value is -1.36. The topological polar surface area (TPSA) is 47.4 Å². The second kappa shape index (κ2) is 6.39. The van der Waals surface area contributed by atoms with Gasteiger partial charge in [0.25, 0.3) is 5.91 Å². The summed E-state index contributed by atoms with van der Waals surface area (Å²) in [7, 11) is 0. The zero-order chi connectivity index (χ0) is 13.8. The molecule has 0 radical (unpaired) electrons. The highest BCUT2D eigenvalue weighted by molar-refractivity contribution is 5.81. The predicted molar refractivity (Wildman–Crippen MR) is 75.1 cm³/mol. The summed E-state index contributed by atoms with van der Waals surface area (Å²) in [6.07, 6.45) is 8.98. The highest BCUT2D eigenvalue weighted by atomic mass is 16.5. The molecular formula is C15H23N3O2. The number of nitrogens with zero attached hydrogens (tertiary/aromatic N) is 3. The van der Waals surface area contributed by atoms with Gasteiger partial charge in [0.15, 0.2) is 0 Å². The molecule has 0 saturated carbocycles. The van der Waals surface area contributed by atoms with Crippen LogP contribution in [0.15, 0.2) is 18.5 Å². The van der Waals surface area contributed by atoms with Gasteiger partial charge in [-0.2, -0.15) is 5.10 Å². The number of aryl methyl sites for hydroxylation is 1. The summed E-state index contributed by atoms with van der Waals surface area (Å²) in [5.41, 5.74) is 0. The van der Waals surface area contributed by atoms with E-state index in [2.05, 4.69) is 5.10 Å². The molecule has 110 valence electrons. The number of aromatic nitrogens is 2. The Morgan fingerprint density at radius 1 is 1.30 bits per heavy atom. The summed E-state index contributed by atoms with van der Waals surface area (Å²) >= 11 is 0. The molecule has 0 N–H and O–H groups in total. The number of rotatable bonds is 4. The van der Waals surface area contributed by atoms with Crippen molar-refractivity contribution in [3.8, 4) is 0 Å². The molecule has 5 nitrogen and oxygen atoms in total. The number of ether oxygens (including phenoxy) is 1. The summed E-state index contributed by atoms with van der Waals surface area (Å²) in [6.45, 7) is 3.51. The Labute approximate surface area is 119 Å². The normalized spacial score (nSPS) is 24.2. The summed E-state index contributed by atoms with van der Waals surface area (Å²) in [6, 6.07) is 1.96. The first kappa shape index (κ1) is 13.6. The molecule has 1 amide bonds. The highest BCUT2D eigenvalue weighted by Crippen LogP contribution is 2.23. The minimum absolute atomic E-state index is 0.157. The Bertz CT molecular complexity index is 418. The predicted octanol–water partition coefficient (Wildman–Crippen LogP) is 1.69. The van der Waals surface area contributed by atoms with Crippen LogP contribution < -0.4 is 0 Å². The number of piperidine rings is 1. The van der Waals surface area contributed by atoms with Crippen molar-refractivity contribution in [2.45, 2.75) is 44.8 Å². The number of carbonyl (C=O) groups excluding carboxylic acids is 1. The van der Waals surface area contributed by atoms with Gasteiger partial charge in [-0.1, -0.05) is 0 Å². The minimum atomic E-state index is -0.157. The minimum Gasteiger partial charge on any atom is -0.368 e. The van der Waals surface area contributed by atoms with Crippen LogP contribution in [0.4, 0.5) is 0 Å². The second-order valence-electron chi connectivity index (χ2n) is 5.83. The van der Waals surface area contributed by atoms with Crippen LogP contribution in [0, 0.1) is 5.92 Å². The molecule has 1 aromatic rings. The van der Waals surface area contributed by atoms with Gasteiger partial charge in [0.2, 0.25) is 0 Å². The first-order valence-corrected chi connectivity index (χ1v) is 7.71. The number of carbonyl (C=O) groups is 1. The molecule has 0 bridgehead atoms. The summed E-state index contributed by atoms with van der Waals surface area (Å²) in [4.78, 5) is 14.2. The van der Waals surface area contributed by atoms with Crippen LogP contribution in [0.1, 0.15) is 32.1 Å². The van der Waals surface area contributed by atoms with Crippen LogP contribution in [0.5, 0.6) is 0 Å². The average Bonchev–Trinajstić information content (AvgIpc) is 3.18. The Morgan fingerprint density at radius 2 is 2.15 bits per heavy atom. The van der Waals surface area contributed by atoms with Gasteiger partial charge in [-0.15, -0.1) is 0 Å². The first-order valence-electron chi connectivity index (χ1n) is 7.71. The molecule has 0 unspecified atom stereocenters. The third-order valence-electron chi connectivity index (χ3n) is 4.46. The highest BCUT2D eigenvalue weighted by Gasteiger charge is 2.30. The van der Waals surface area contributed by atoms with Crippen molar-refractivity contribution >= 4 is 5.91 Å². The third kappa shape index (κ3) is 3.20. The van der Waals surface area contributed by atoms with E-state index in [4.69, 9.17) is 4.74 Å². The molecule has 20 heavy (non-hydrogen) atoms. The quantitative estimate of drug-likeness (QED) is 0.841. The third-order valence-corrected chi connectivity index (χ3v) is 4.46. The second-order valence-corrected chi connectivity index (χ2v) is 5.83. The number of hydrogen-bond donors (Lipinski definition) is 0. The van der Waals surface area contributed by atoms with Gasteiger partial charge in [-0.05, 0) is 44.1 Å². The van der Waals surface area contributed by atoms with Crippen molar-refractivity contribution in [2.75, 3.05) is 19.7 Å². The number of amides is 1. The molecule has 3 rings (SSSR count). The lowest BCUT2D eigenvalue weighted by atomic mass is 9.93.